The van der Waals surface area contributed by atoms with E-state index in [0.717, 1.165) is 0 Å². The number of nitriles is 1. The van der Waals surface area contributed by atoms with E-state index in [9.17, 15) is 9.59 Å². The summed E-state index contributed by atoms with van der Waals surface area (Å²) in [4.78, 5) is 23.3. The Morgan fingerprint density at radius 2 is 2.08 bits per heavy atom. The van der Waals surface area contributed by atoms with Gasteiger partial charge in [-0.05, 0) is 19.1 Å². The monoisotopic (exact) mass is 328 g/mol. The van der Waals surface area contributed by atoms with E-state index in [2.05, 4.69) is 21.3 Å². The number of para-hydroxylation sites is 1. The van der Waals surface area contributed by atoms with Crippen LogP contribution in [0.25, 0.3) is 0 Å². The van der Waals surface area contributed by atoms with Crippen LogP contribution >= 0.6 is 0 Å². The molecular weight excluding hydrogens is 312 g/mol. The van der Waals surface area contributed by atoms with E-state index >= 15 is 0 Å². The van der Waals surface area contributed by atoms with Gasteiger partial charge < -0.3 is 4.74 Å². The lowest BCUT2D eigenvalue weighted by Gasteiger charge is -2.09. The van der Waals surface area contributed by atoms with E-state index in [-0.39, 0.29) is 6.61 Å². The SMILES string of the molecule is CCn1ccc(NC(=O)NNC(=O)COc2ccccc2C#N)n1. The minimum Gasteiger partial charge on any atom is -0.482 e. The molecule has 0 saturated heterocycles. The van der Waals surface area contributed by atoms with Crippen molar-refractivity contribution in [3.8, 4) is 11.8 Å². The summed E-state index contributed by atoms with van der Waals surface area (Å²) in [5.74, 6) is 0.0875. The molecule has 124 valence electrons. The number of nitrogens with one attached hydrogen (secondary N) is 3. The van der Waals surface area contributed by atoms with Gasteiger partial charge in [-0.3, -0.25) is 20.2 Å². The number of rotatable bonds is 5. The number of amides is 3. The van der Waals surface area contributed by atoms with Crippen LogP contribution in [0.1, 0.15) is 12.5 Å². The maximum absolute atomic E-state index is 11.6. The second-order valence-electron chi connectivity index (χ2n) is 4.58. The second kappa shape index (κ2) is 8.19. The third-order valence-electron chi connectivity index (χ3n) is 2.89. The lowest BCUT2D eigenvalue weighted by molar-refractivity contribution is -0.123. The van der Waals surface area contributed by atoms with Crippen molar-refractivity contribution in [1.82, 2.24) is 20.6 Å². The van der Waals surface area contributed by atoms with E-state index in [1.165, 1.54) is 0 Å². The third kappa shape index (κ3) is 4.74. The smallest absolute Gasteiger partial charge is 0.339 e. The minimum absolute atomic E-state index is 0.296. The number of aryl methyl sites for hydroxylation is 1. The van der Waals surface area contributed by atoms with Gasteiger partial charge in [0.1, 0.15) is 11.8 Å². The van der Waals surface area contributed by atoms with Crippen molar-refractivity contribution < 1.29 is 14.3 Å². The number of anilines is 1. The zero-order valence-corrected chi connectivity index (χ0v) is 12.9. The molecule has 0 spiro atoms. The van der Waals surface area contributed by atoms with Gasteiger partial charge in [-0.15, -0.1) is 0 Å². The average molecular weight is 328 g/mol. The normalized spacial score (nSPS) is 9.67. The molecule has 0 aliphatic heterocycles. The van der Waals surface area contributed by atoms with Gasteiger partial charge in [0.2, 0.25) is 0 Å². The topological polar surface area (TPSA) is 121 Å². The van der Waals surface area contributed by atoms with Crippen LogP contribution in [0.3, 0.4) is 0 Å². The van der Waals surface area contributed by atoms with Crippen LogP contribution in [0.15, 0.2) is 36.5 Å². The Balaban J connectivity index is 1.74. The summed E-state index contributed by atoms with van der Waals surface area (Å²) in [5.41, 5.74) is 4.69. The number of benzene rings is 1. The highest BCUT2D eigenvalue weighted by atomic mass is 16.5. The molecule has 24 heavy (non-hydrogen) atoms. The number of carbonyl (C=O) groups excluding carboxylic acids is 2. The summed E-state index contributed by atoms with van der Waals surface area (Å²) in [6, 6.07) is 9.49. The summed E-state index contributed by atoms with van der Waals surface area (Å²) in [5, 5.41) is 15.4. The molecule has 0 saturated carbocycles. The fraction of sp³-hybridized carbons (Fsp3) is 0.200. The fourth-order valence-corrected chi connectivity index (χ4v) is 1.74. The van der Waals surface area contributed by atoms with Gasteiger partial charge in [0.25, 0.3) is 5.91 Å². The van der Waals surface area contributed by atoms with Gasteiger partial charge in [-0.1, -0.05) is 12.1 Å². The van der Waals surface area contributed by atoms with Gasteiger partial charge >= 0.3 is 6.03 Å². The summed E-state index contributed by atoms with van der Waals surface area (Å²) < 4.78 is 6.88. The van der Waals surface area contributed by atoms with E-state index in [0.29, 0.717) is 23.7 Å². The van der Waals surface area contributed by atoms with Crippen LogP contribution in [0.2, 0.25) is 0 Å². The van der Waals surface area contributed by atoms with Gasteiger partial charge in [0.15, 0.2) is 12.4 Å². The van der Waals surface area contributed by atoms with Crippen molar-refractivity contribution in [3.63, 3.8) is 0 Å². The first-order valence-electron chi connectivity index (χ1n) is 7.13. The highest BCUT2D eigenvalue weighted by molar-refractivity contribution is 5.90. The Morgan fingerprint density at radius 1 is 1.29 bits per heavy atom. The molecular formula is C15H16N6O3. The molecule has 3 amide bonds. The first kappa shape index (κ1) is 16.8. The number of aromatic nitrogens is 2. The number of hydrogen-bond donors (Lipinski definition) is 3. The van der Waals surface area contributed by atoms with Crippen molar-refractivity contribution in [2.75, 3.05) is 11.9 Å². The van der Waals surface area contributed by atoms with Crippen molar-refractivity contribution in [2.45, 2.75) is 13.5 Å². The number of ether oxygens (including phenoxy) is 1. The molecule has 1 aromatic carbocycles. The van der Waals surface area contributed by atoms with Gasteiger partial charge in [0, 0.05) is 18.8 Å². The first-order valence-corrected chi connectivity index (χ1v) is 7.13. The van der Waals surface area contributed by atoms with Gasteiger partial charge in [-0.2, -0.15) is 10.4 Å². The van der Waals surface area contributed by atoms with Crippen molar-refractivity contribution in [1.29, 1.82) is 5.26 Å². The van der Waals surface area contributed by atoms with E-state index in [1.54, 1.807) is 41.2 Å². The Kier molecular flexibility index (Phi) is 5.74. The maximum Gasteiger partial charge on any atom is 0.339 e. The molecule has 3 N–H and O–H groups in total. The number of hydrazine groups is 1. The largest absolute Gasteiger partial charge is 0.482 e. The molecule has 0 atom stereocenters. The molecule has 0 aliphatic rings. The summed E-state index contributed by atoms with van der Waals surface area (Å²) in [7, 11) is 0. The highest BCUT2D eigenvalue weighted by Gasteiger charge is 2.08. The molecule has 0 fully saturated rings. The maximum atomic E-state index is 11.6. The molecule has 0 radical (unpaired) electrons. The number of nitrogens with zero attached hydrogens (tertiary/aromatic N) is 3. The minimum atomic E-state index is -0.637. The summed E-state index contributed by atoms with van der Waals surface area (Å²) in [6.07, 6.45) is 1.72. The van der Waals surface area contributed by atoms with Crippen LogP contribution in [-0.4, -0.2) is 28.3 Å². The molecule has 1 heterocycles. The molecule has 0 unspecified atom stereocenters. The van der Waals surface area contributed by atoms with Crippen LogP contribution in [0.4, 0.5) is 10.6 Å². The Morgan fingerprint density at radius 3 is 2.79 bits per heavy atom. The lowest BCUT2D eigenvalue weighted by Crippen LogP contribution is -2.45. The second-order valence-corrected chi connectivity index (χ2v) is 4.58. The van der Waals surface area contributed by atoms with Crippen LogP contribution in [0, 0.1) is 11.3 Å². The van der Waals surface area contributed by atoms with E-state index in [4.69, 9.17) is 10.00 Å². The molecule has 0 bridgehead atoms. The van der Waals surface area contributed by atoms with Crippen LogP contribution in [-0.2, 0) is 11.3 Å². The van der Waals surface area contributed by atoms with E-state index < -0.39 is 11.9 Å². The fourth-order valence-electron chi connectivity index (χ4n) is 1.74. The average Bonchev–Trinajstić information content (AvgIpc) is 3.05. The van der Waals surface area contributed by atoms with E-state index in [1.807, 2.05) is 13.0 Å². The quantitative estimate of drug-likeness (QED) is 0.707. The predicted molar refractivity (Wildman–Crippen MR) is 84.9 cm³/mol. The molecule has 0 aliphatic carbocycles. The molecule has 9 heteroatoms. The van der Waals surface area contributed by atoms with Crippen molar-refractivity contribution in [2.24, 2.45) is 0 Å². The third-order valence-corrected chi connectivity index (χ3v) is 2.89. The number of urea groups is 1. The Hall–Kier alpha value is -3.54. The molecule has 9 nitrogen and oxygen atoms in total. The van der Waals surface area contributed by atoms with Crippen LogP contribution < -0.4 is 20.9 Å². The highest BCUT2D eigenvalue weighted by Crippen LogP contribution is 2.15. The van der Waals surface area contributed by atoms with Gasteiger partial charge in [-0.25, -0.2) is 10.2 Å². The first-order chi connectivity index (χ1) is 11.6. The van der Waals surface area contributed by atoms with Crippen molar-refractivity contribution >= 4 is 17.8 Å². The van der Waals surface area contributed by atoms with Crippen molar-refractivity contribution in [3.05, 3.63) is 42.1 Å². The van der Waals surface area contributed by atoms with Crippen LogP contribution in [0.5, 0.6) is 5.75 Å². The van der Waals surface area contributed by atoms with Gasteiger partial charge in [0.05, 0.1) is 5.56 Å². The number of hydrogen-bond acceptors (Lipinski definition) is 5. The zero-order chi connectivity index (χ0) is 17.4. The molecule has 1 aromatic heterocycles. The summed E-state index contributed by atoms with van der Waals surface area (Å²) >= 11 is 0. The zero-order valence-electron chi connectivity index (χ0n) is 12.9. The standard InChI is InChI=1S/C15H16N6O3/c1-2-21-8-7-13(20-21)17-15(23)19-18-14(22)10-24-12-6-4-3-5-11(12)9-16/h3-8H,2,10H2,1H3,(H,18,22)(H2,17,19,20,23). The lowest BCUT2D eigenvalue weighted by atomic mass is 10.2. The Labute approximate surface area is 138 Å². The predicted octanol–water partition coefficient (Wildman–Crippen LogP) is 1.01. The molecule has 2 rings (SSSR count). The number of carbonyl (C=O) groups is 2. The summed E-state index contributed by atoms with van der Waals surface area (Å²) in [6.45, 7) is 2.26. The molecule has 2 aromatic rings. The Bertz CT molecular complexity index is 765.